The molecule has 2 aromatic rings. The molecule has 0 radical (unpaired) electrons. The number of hydrogen-bond donors (Lipinski definition) is 0. The molecule has 4 heteroatoms. The third-order valence-electron chi connectivity index (χ3n) is 7.53. The lowest BCUT2D eigenvalue weighted by Gasteiger charge is -2.43. The highest BCUT2D eigenvalue weighted by Crippen LogP contribution is 2.56. The standard InChI is InChI=1S/C25H24ClFO2/c1-2-13-3-8-16(18-10-9-17(26)12-20(18)27)11-19(13)23-24(28)21-14-4-5-15(7-6-14)22(21)25(23)29/h3,8-12,14-15,21-23H,2,4-7H2,1H3/t14?,15?,21-,22+,23?. The normalized spacial score (nSPS) is 30.7. The highest BCUT2D eigenvalue weighted by atomic mass is 35.5. The first-order chi connectivity index (χ1) is 14.0. The molecule has 29 heavy (non-hydrogen) atoms. The molecule has 150 valence electrons. The van der Waals surface area contributed by atoms with Crippen LogP contribution in [-0.4, -0.2) is 11.6 Å². The van der Waals surface area contributed by atoms with Crippen molar-refractivity contribution < 1.29 is 14.0 Å². The summed E-state index contributed by atoms with van der Waals surface area (Å²) in [6, 6.07) is 10.3. The van der Waals surface area contributed by atoms with E-state index in [9.17, 15) is 14.0 Å². The van der Waals surface area contributed by atoms with Gasteiger partial charge in [0.15, 0.2) is 11.6 Å². The maximum absolute atomic E-state index is 14.5. The van der Waals surface area contributed by atoms with Gasteiger partial charge in [0.1, 0.15) is 11.7 Å². The largest absolute Gasteiger partial charge is 0.298 e. The summed E-state index contributed by atoms with van der Waals surface area (Å²) in [6.07, 6.45) is 5.04. The fourth-order valence-electron chi connectivity index (χ4n) is 6.18. The monoisotopic (exact) mass is 410 g/mol. The predicted molar refractivity (Wildman–Crippen MR) is 111 cm³/mol. The second-order valence-electron chi connectivity index (χ2n) is 8.86. The van der Waals surface area contributed by atoms with Gasteiger partial charge in [0, 0.05) is 22.4 Å². The number of aryl methyl sites for hydroxylation is 1. The van der Waals surface area contributed by atoms with Crippen molar-refractivity contribution >= 4 is 23.2 Å². The molecule has 0 N–H and O–H groups in total. The van der Waals surface area contributed by atoms with Crippen LogP contribution in [0.1, 0.15) is 49.7 Å². The average molecular weight is 411 g/mol. The smallest absolute Gasteiger partial charge is 0.151 e. The van der Waals surface area contributed by atoms with Crippen LogP contribution in [0, 0.1) is 29.5 Å². The molecule has 4 saturated carbocycles. The quantitative estimate of drug-likeness (QED) is 0.582. The van der Waals surface area contributed by atoms with E-state index in [1.165, 1.54) is 6.07 Å². The number of Topliss-reactive ketones (excluding diaryl/α,β-unsaturated/α-hetero) is 2. The first kappa shape index (κ1) is 19.0. The molecule has 0 spiro atoms. The third kappa shape index (κ3) is 2.89. The average Bonchev–Trinajstić information content (AvgIpc) is 3.01. The van der Waals surface area contributed by atoms with E-state index >= 15 is 0 Å². The fourth-order valence-corrected chi connectivity index (χ4v) is 6.34. The Labute approximate surface area is 175 Å². The molecule has 6 rings (SSSR count). The summed E-state index contributed by atoms with van der Waals surface area (Å²) in [6.45, 7) is 2.03. The van der Waals surface area contributed by atoms with Crippen LogP contribution in [0.3, 0.4) is 0 Å². The highest BCUT2D eigenvalue weighted by molar-refractivity contribution is 6.30. The Bertz CT molecular complexity index is 976. The van der Waals surface area contributed by atoms with Crippen LogP contribution in [0.25, 0.3) is 11.1 Å². The van der Waals surface area contributed by atoms with Crippen LogP contribution in [0.2, 0.25) is 5.02 Å². The third-order valence-corrected chi connectivity index (χ3v) is 7.76. The summed E-state index contributed by atoms with van der Waals surface area (Å²) in [5.74, 6) is -0.321. The molecule has 2 nitrogen and oxygen atoms in total. The number of benzene rings is 2. The van der Waals surface area contributed by atoms with Crippen molar-refractivity contribution in [1.82, 2.24) is 0 Å². The van der Waals surface area contributed by atoms with Crippen LogP contribution in [0.4, 0.5) is 4.39 Å². The van der Waals surface area contributed by atoms with Gasteiger partial charge in [-0.05, 0) is 84.9 Å². The number of carbonyl (C=O) groups is 2. The lowest BCUT2D eigenvalue weighted by Crippen LogP contribution is -2.41. The van der Waals surface area contributed by atoms with Crippen LogP contribution in [0.15, 0.2) is 36.4 Å². The molecule has 0 heterocycles. The van der Waals surface area contributed by atoms with E-state index in [0.29, 0.717) is 28.0 Å². The Balaban J connectivity index is 1.60. The first-order valence-electron chi connectivity index (χ1n) is 10.6. The molecule has 4 aliphatic carbocycles. The second kappa shape index (κ2) is 7.05. The van der Waals surface area contributed by atoms with Gasteiger partial charge in [0.25, 0.3) is 0 Å². The van der Waals surface area contributed by atoms with Gasteiger partial charge in [0.05, 0.1) is 0 Å². The topological polar surface area (TPSA) is 34.1 Å². The second-order valence-corrected chi connectivity index (χ2v) is 9.29. The lowest BCUT2D eigenvalue weighted by atomic mass is 9.59. The molecule has 2 bridgehead atoms. The van der Waals surface area contributed by atoms with Gasteiger partial charge < -0.3 is 0 Å². The van der Waals surface area contributed by atoms with Crippen LogP contribution in [0.5, 0.6) is 0 Å². The van der Waals surface area contributed by atoms with Gasteiger partial charge in [-0.15, -0.1) is 0 Å². The minimum absolute atomic E-state index is 0.0966. The molecule has 4 fully saturated rings. The molecule has 4 aliphatic rings. The molecule has 0 aliphatic heterocycles. The number of rotatable bonds is 3. The number of ketones is 2. The Morgan fingerprint density at radius 2 is 1.55 bits per heavy atom. The molecule has 0 aromatic heterocycles. The minimum Gasteiger partial charge on any atom is -0.298 e. The number of carbonyl (C=O) groups excluding carboxylic acids is 2. The van der Waals surface area contributed by atoms with E-state index in [0.717, 1.165) is 43.2 Å². The highest BCUT2D eigenvalue weighted by Gasteiger charge is 2.59. The van der Waals surface area contributed by atoms with Crippen LogP contribution >= 0.6 is 11.6 Å². The summed E-state index contributed by atoms with van der Waals surface area (Å²) < 4.78 is 14.5. The van der Waals surface area contributed by atoms with Gasteiger partial charge in [-0.2, -0.15) is 0 Å². The van der Waals surface area contributed by atoms with Crippen molar-refractivity contribution in [2.75, 3.05) is 0 Å². The van der Waals surface area contributed by atoms with Gasteiger partial charge >= 0.3 is 0 Å². The maximum atomic E-state index is 14.5. The van der Waals surface area contributed by atoms with Crippen molar-refractivity contribution in [2.45, 2.75) is 44.9 Å². The summed E-state index contributed by atoms with van der Waals surface area (Å²) in [7, 11) is 0. The van der Waals surface area contributed by atoms with E-state index in [1.807, 2.05) is 25.1 Å². The fraction of sp³-hybridized carbons (Fsp3) is 0.440. The molecule has 1 unspecified atom stereocenters. The summed E-state index contributed by atoms with van der Waals surface area (Å²) >= 11 is 5.90. The van der Waals surface area contributed by atoms with Gasteiger partial charge in [-0.1, -0.05) is 30.7 Å². The number of hydrogen-bond acceptors (Lipinski definition) is 2. The Morgan fingerprint density at radius 3 is 2.10 bits per heavy atom. The SMILES string of the molecule is CCc1ccc(-c2ccc(Cl)cc2F)cc1C1C(=O)[C@@H]2C3CCC(CC3)[C@@H]2C1=O. The molecule has 3 atom stereocenters. The van der Waals surface area contributed by atoms with E-state index in [2.05, 4.69) is 0 Å². The summed E-state index contributed by atoms with van der Waals surface area (Å²) in [5.41, 5.74) is 2.91. The zero-order chi connectivity index (χ0) is 20.3. The van der Waals surface area contributed by atoms with Gasteiger partial charge in [0.2, 0.25) is 0 Å². The zero-order valence-electron chi connectivity index (χ0n) is 16.5. The van der Waals surface area contributed by atoms with Gasteiger partial charge in [-0.25, -0.2) is 4.39 Å². The summed E-state index contributed by atoms with van der Waals surface area (Å²) in [4.78, 5) is 26.9. The van der Waals surface area contributed by atoms with Crippen LogP contribution in [-0.2, 0) is 16.0 Å². The Kier molecular flexibility index (Phi) is 4.62. The molecule has 0 amide bonds. The van der Waals surface area contributed by atoms with Crippen molar-refractivity contribution in [1.29, 1.82) is 0 Å². The zero-order valence-corrected chi connectivity index (χ0v) is 17.2. The van der Waals surface area contributed by atoms with E-state index in [4.69, 9.17) is 11.6 Å². The number of halogens is 2. The van der Waals surface area contributed by atoms with Crippen molar-refractivity contribution in [2.24, 2.45) is 23.7 Å². The first-order valence-corrected chi connectivity index (χ1v) is 11.0. The maximum Gasteiger partial charge on any atom is 0.151 e. The molecule has 2 aromatic carbocycles. The molecular weight excluding hydrogens is 387 g/mol. The predicted octanol–water partition coefficient (Wildman–Crippen LogP) is 6.00. The minimum atomic E-state index is -0.684. The van der Waals surface area contributed by atoms with Crippen LogP contribution < -0.4 is 0 Å². The van der Waals surface area contributed by atoms with E-state index < -0.39 is 11.7 Å². The van der Waals surface area contributed by atoms with E-state index in [-0.39, 0.29) is 23.4 Å². The molecule has 0 saturated heterocycles. The lowest BCUT2D eigenvalue weighted by molar-refractivity contribution is -0.129. The van der Waals surface area contributed by atoms with Crippen molar-refractivity contribution in [3.63, 3.8) is 0 Å². The van der Waals surface area contributed by atoms with Crippen molar-refractivity contribution in [3.05, 3.63) is 58.4 Å². The number of fused-ring (bicyclic) bond motifs is 2. The van der Waals surface area contributed by atoms with Crippen molar-refractivity contribution in [3.8, 4) is 11.1 Å². The summed E-state index contributed by atoms with van der Waals surface area (Å²) in [5, 5.41) is 0.345. The Morgan fingerprint density at radius 1 is 0.931 bits per heavy atom. The molecular formula is C25H24ClFO2. The van der Waals surface area contributed by atoms with E-state index in [1.54, 1.807) is 12.1 Å². The Hall–Kier alpha value is -2.00. The van der Waals surface area contributed by atoms with Gasteiger partial charge in [-0.3, -0.25) is 9.59 Å².